The maximum Gasteiger partial charge on any atom is 0.252 e. The largest absolute Gasteiger partial charge is 0.368 e. The molecule has 2 aromatic heterocycles. The minimum absolute atomic E-state index is 0.147. The molecule has 0 aliphatic carbocycles. The van der Waals surface area contributed by atoms with Crippen molar-refractivity contribution >= 4 is 34.5 Å². The molecule has 1 aliphatic rings. The van der Waals surface area contributed by atoms with Crippen LogP contribution >= 0.6 is 0 Å². The number of nitrogens with one attached hydrogen (secondary N) is 1. The molecule has 1 fully saturated rings. The van der Waals surface area contributed by atoms with Gasteiger partial charge in [-0.15, -0.1) is 0 Å². The summed E-state index contributed by atoms with van der Waals surface area (Å²) in [5.41, 5.74) is 10.1. The van der Waals surface area contributed by atoms with Gasteiger partial charge in [-0.25, -0.2) is 4.98 Å². The Hall–Kier alpha value is -5.08. The summed E-state index contributed by atoms with van der Waals surface area (Å²) in [6, 6.07) is 16.0. The highest BCUT2D eigenvalue weighted by Crippen LogP contribution is 2.27. The fourth-order valence-corrected chi connectivity index (χ4v) is 5.01. The molecule has 5 rings (SSSR count). The molecule has 11 heteroatoms. The Bertz CT molecular complexity index is 1660. The lowest BCUT2D eigenvalue weighted by Crippen LogP contribution is -2.47. The van der Waals surface area contributed by atoms with Crippen molar-refractivity contribution in [1.29, 1.82) is 5.26 Å². The van der Waals surface area contributed by atoms with Crippen LogP contribution in [0.15, 0.2) is 60.9 Å². The first-order chi connectivity index (χ1) is 20.2. The fraction of sp³-hybridized carbons (Fsp3) is 0.290. The average Bonchev–Trinajstić information content (AvgIpc) is 3.00. The lowest BCUT2D eigenvalue weighted by molar-refractivity contribution is -0.130. The van der Waals surface area contributed by atoms with Crippen molar-refractivity contribution < 1.29 is 9.59 Å². The standard InChI is InChI=1S/C31H33N9O2/c1-38(2)30(42)27(15-20-4-6-22(7-5-20)24-14-21(17-32)18-34-19-24)35-29(41)23-8-9-25-26(16-23)36-31(33)37-28(25)40-12-10-39(3)11-13-40/h4-9,14,16,18-19,27H,10-13,15H2,1-3H3,(H,35,41)(H2,33,36,37)/t27-/m0/s1. The molecule has 1 aliphatic heterocycles. The van der Waals surface area contributed by atoms with E-state index < -0.39 is 6.04 Å². The van der Waals surface area contributed by atoms with E-state index in [1.54, 1.807) is 38.5 Å². The van der Waals surface area contributed by atoms with Gasteiger partial charge in [-0.3, -0.25) is 14.6 Å². The first-order valence-electron chi connectivity index (χ1n) is 13.7. The number of amides is 2. The summed E-state index contributed by atoms with van der Waals surface area (Å²) in [5.74, 6) is 0.305. The highest BCUT2D eigenvalue weighted by atomic mass is 16.2. The Morgan fingerprint density at radius 1 is 1.02 bits per heavy atom. The highest BCUT2D eigenvalue weighted by Gasteiger charge is 2.25. The number of piperazine rings is 1. The summed E-state index contributed by atoms with van der Waals surface area (Å²) in [6.45, 7) is 3.48. The molecule has 1 saturated heterocycles. The van der Waals surface area contributed by atoms with E-state index in [0.29, 0.717) is 23.1 Å². The Kier molecular flexibility index (Phi) is 8.26. The van der Waals surface area contributed by atoms with Gasteiger partial charge in [0.2, 0.25) is 11.9 Å². The van der Waals surface area contributed by atoms with Crippen molar-refractivity contribution in [3.8, 4) is 17.2 Å². The lowest BCUT2D eigenvalue weighted by Gasteiger charge is -2.33. The van der Waals surface area contributed by atoms with E-state index in [1.807, 2.05) is 30.3 Å². The molecule has 1 atom stereocenters. The molecule has 42 heavy (non-hydrogen) atoms. The summed E-state index contributed by atoms with van der Waals surface area (Å²) in [7, 11) is 5.41. The van der Waals surface area contributed by atoms with Crippen molar-refractivity contribution in [3.05, 3.63) is 77.6 Å². The SMILES string of the molecule is CN1CCN(c2nc(N)nc3cc(C(=O)N[C@@H](Cc4ccc(-c5cncc(C#N)c5)cc4)C(=O)N(C)C)ccc23)CC1. The molecule has 2 amide bonds. The van der Waals surface area contributed by atoms with Crippen LogP contribution in [-0.2, 0) is 11.2 Å². The number of aromatic nitrogens is 3. The number of nitrogens with two attached hydrogens (primary N) is 1. The second kappa shape index (κ2) is 12.2. The maximum atomic E-state index is 13.4. The summed E-state index contributed by atoms with van der Waals surface area (Å²) in [4.78, 5) is 45.5. The van der Waals surface area contributed by atoms with E-state index >= 15 is 0 Å². The van der Waals surface area contributed by atoms with Gasteiger partial charge in [0.15, 0.2) is 0 Å². The Labute approximate surface area is 244 Å². The molecule has 0 radical (unpaired) electrons. The number of benzene rings is 2. The van der Waals surface area contributed by atoms with Crippen LogP contribution in [0.5, 0.6) is 0 Å². The van der Waals surface area contributed by atoms with Crippen molar-refractivity contribution in [2.45, 2.75) is 12.5 Å². The number of likely N-dealkylation sites (N-methyl/N-ethyl adjacent to an activating group) is 2. The maximum absolute atomic E-state index is 13.4. The third-order valence-electron chi connectivity index (χ3n) is 7.40. The normalized spacial score (nSPS) is 14.3. The van der Waals surface area contributed by atoms with E-state index in [9.17, 15) is 9.59 Å². The number of nitrogens with zero attached hydrogens (tertiary/aromatic N) is 7. The number of pyridine rings is 1. The first-order valence-corrected chi connectivity index (χ1v) is 13.7. The minimum atomic E-state index is -0.783. The third-order valence-corrected chi connectivity index (χ3v) is 7.40. The van der Waals surface area contributed by atoms with Crippen LogP contribution in [0.2, 0.25) is 0 Å². The zero-order valence-corrected chi connectivity index (χ0v) is 23.9. The van der Waals surface area contributed by atoms with E-state index in [0.717, 1.165) is 54.1 Å². The smallest absolute Gasteiger partial charge is 0.252 e. The molecular formula is C31H33N9O2. The monoisotopic (exact) mass is 563 g/mol. The van der Waals surface area contributed by atoms with E-state index in [-0.39, 0.29) is 17.8 Å². The molecule has 4 aromatic rings. The number of carbonyl (C=O) groups excluding carboxylic acids is 2. The molecule has 214 valence electrons. The molecular weight excluding hydrogens is 530 g/mol. The van der Waals surface area contributed by atoms with Crippen LogP contribution < -0.4 is 16.0 Å². The van der Waals surface area contributed by atoms with Crippen LogP contribution in [0.25, 0.3) is 22.0 Å². The fourth-order valence-electron chi connectivity index (χ4n) is 5.01. The van der Waals surface area contributed by atoms with Crippen LogP contribution in [-0.4, -0.2) is 89.9 Å². The van der Waals surface area contributed by atoms with Gasteiger partial charge >= 0.3 is 0 Å². The van der Waals surface area contributed by atoms with Gasteiger partial charge in [0.1, 0.15) is 17.9 Å². The van der Waals surface area contributed by atoms with E-state index in [2.05, 4.69) is 43.2 Å². The Balaban J connectivity index is 1.36. The number of carbonyl (C=O) groups is 2. The van der Waals surface area contributed by atoms with Gasteiger partial charge in [0.05, 0.1) is 11.1 Å². The number of hydrogen-bond acceptors (Lipinski definition) is 9. The lowest BCUT2D eigenvalue weighted by atomic mass is 10.00. The van der Waals surface area contributed by atoms with Gasteiger partial charge in [-0.2, -0.15) is 10.2 Å². The molecule has 0 unspecified atom stereocenters. The topological polar surface area (TPSA) is 144 Å². The van der Waals surface area contributed by atoms with Crippen molar-refractivity contribution in [3.63, 3.8) is 0 Å². The molecule has 2 aromatic carbocycles. The molecule has 0 saturated carbocycles. The quantitative estimate of drug-likeness (QED) is 0.346. The minimum Gasteiger partial charge on any atom is -0.368 e. The zero-order valence-electron chi connectivity index (χ0n) is 23.9. The summed E-state index contributed by atoms with van der Waals surface area (Å²) in [5, 5.41) is 12.9. The third kappa shape index (κ3) is 6.29. The van der Waals surface area contributed by atoms with Crippen LogP contribution in [0.1, 0.15) is 21.5 Å². The van der Waals surface area contributed by atoms with E-state index in [4.69, 9.17) is 11.0 Å². The van der Waals surface area contributed by atoms with Crippen LogP contribution in [0, 0.1) is 11.3 Å². The number of nitrogen functional groups attached to an aromatic ring is 1. The van der Waals surface area contributed by atoms with Crippen molar-refractivity contribution in [1.82, 2.24) is 30.1 Å². The second-order valence-electron chi connectivity index (χ2n) is 10.7. The van der Waals surface area contributed by atoms with Crippen molar-refractivity contribution in [2.75, 3.05) is 58.0 Å². The number of anilines is 2. The zero-order chi connectivity index (χ0) is 29.8. The molecule has 0 bridgehead atoms. The first kappa shape index (κ1) is 28.4. The summed E-state index contributed by atoms with van der Waals surface area (Å²) < 4.78 is 0. The summed E-state index contributed by atoms with van der Waals surface area (Å²) >= 11 is 0. The molecule has 0 spiro atoms. The highest BCUT2D eigenvalue weighted by molar-refractivity contribution is 6.02. The summed E-state index contributed by atoms with van der Waals surface area (Å²) in [6.07, 6.45) is 3.52. The number of fused-ring (bicyclic) bond motifs is 1. The van der Waals surface area contributed by atoms with Gasteiger partial charge in [-0.05, 0) is 42.4 Å². The number of rotatable bonds is 7. The number of nitriles is 1. The van der Waals surface area contributed by atoms with Gasteiger partial charge < -0.3 is 25.8 Å². The predicted octanol–water partition coefficient (Wildman–Crippen LogP) is 2.33. The second-order valence-corrected chi connectivity index (χ2v) is 10.7. The number of hydrogen-bond donors (Lipinski definition) is 2. The molecule has 3 N–H and O–H groups in total. The Morgan fingerprint density at radius 2 is 1.76 bits per heavy atom. The predicted molar refractivity (Wildman–Crippen MR) is 162 cm³/mol. The molecule has 3 heterocycles. The van der Waals surface area contributed by atoms with Gasteiger partial charge in [0, 0.05) is 75.6 Å². The van der Waals surface area contributed by atoms with Crippen molar-refractivity contribution in [2.24, 2.45) is 0 Å². The van der Waals surface area contributed by atoms with Gasteiger partial charge in [-0.1, -0.05) is 24.3 Å². The Morgan fingerprint density at radius 3 is 2.45 bits per heavy atom. The van der Waals surface area contributed by atoms with Gasteiger partial charge in [0.25, 0.3) is 5.91 Å². The average molecular weight is 564 g/mol. The van der Waals surface area contributed by atoms with Crippen LogP contribution in [0.4, 0.5) is 11.8 Å². The van der Waals surface area contributed by atoms with E-state index in [1.165, 1.54) is 11.1 Å². The molecule has 11 nitrogen and oxygen atoms in total. The van der Waals surface area contributed by atoms with Crippen LogP contribution in [0.3, 0.4) is 0 Å².